The van der Waals surface area contributed by atoms with E-state index in [0.717, 1.165) is 13.0 Å². The minimum Gasteiger partial charge on any atom is -0.479 e. The Labute approximate surface area is 114 Å². The average Bonchev–Trinajstić information content (AvgIpc) is 2.55. The van der Waals surface area contributed by atoms with Crippen molar-refractivity contribution >= 4 is 11.9 Å². The number of nitrogens with one attached hydrogen (secondary N) is 2. The number of halogens is 3. The molecular weight excluding hydrogens is 279 g/mol. The standard InChI is InChI=1S/C11H18F3N3O3/c1-10(9(19)20,11(12,13)14)16-8(18)7-17-5-2-3-15-4-6-17/h15H,2-7H2,1H3,(H,16,18)(H,19,20). The predicted octanol–water partition coefficient (Wildman–Crippen LogP) is -0.197. The van der Waals surface area contributed by atoms with Crippen LogP contribution < -0.4 is 10.6 Å². The van der Waals surface area contributed by atoms with Gasteiger partial charge in [-0.2, -0.15) is 13.2 Å². The molecule has 1 fully saturated rings. The van der Waals surface area contributed by atoms with E-state index in [-0.39, 0.29) is 6.54 Å². The normalized spacial score (nSPS) is 20.8. The largest absolute Gasteiger partial charge is 0.479 e. The third kappa shape index (κ3) is 4.07. The van der Waals surface area contributed by atoms with Gasteiger partial charge in [0.25, 0.3) is 0 Å². The number of aliphatic carboxylic acids is 1. The Morgan fingerprint density at radius 3 is 2.50 bits per heavy atom. The Balaban J connectivity index is 2.65. The highest BCUT2D eigenvalue weighted by atomic mass is 19.4. The maximum atomic E-state index is 12.7. The molecule has 1 heterocycles. The van der Waals surface area contributed by atoms with Gasteiger partial charge in [-0.3, -0.25) is 9.69 Å². The summed E-state index contributed by atoms with van der Waals surface area (Å²) in [4.78, 5) is 24.1. The van der Waals surface area contributed by atoms with Gasteiger partial charge < -0.3 is 15.7 Å². The van der Waals surface area contributed by atoms with Crippen LogP contribution in [0.25, 0.3) is 0 Å². The van der Waals surface area contributed by atoms with Gasteiger partial charge in [0.2, 0.25) is 11.4 Å². The number of hydrogen-bond acceptors (Lipinski definition) is 4. The fourth-order valence-electron chi connectivity index (χ4n) is 1.83. The SMILES string of the molecule is CC(NC(=O)CN1CCCNCC1)(C(=O)O)C(F)(F)F. The summed E-state index contributed by atoms with van der Waals surface area (Å²) in [6.45, 7) is 2.73. The Morgan fingerprint density at radius 1 is 1.30 bits per heavy atom. The molecule has 1 aliphatic heterocycles. The van der Waals surface area contributed by atoms with Crippen LogP contribution in [0.4, 0.5) is 13.2 Å². The first-order valence-corrected chi connectivity index (χ1v) is 6.21. The fraction of sp³-hybridized carbons (Fsp3) is 0.818. The summed E-state index contributed by atoms with van der Waals surface area (Å²) >= 11 is 0. The maximum absolute atomic E-state index is 12.7. The number of amides is 1. The van der Waals surface area contributed by atoms with Gasteiger partial charge in [-0.25, -0.2) is 4.79 Å². The van der Waals surface area contributed by atoms with Crippen molar-refractivity contribution < 1.29 is 27.9 Å². The van der Waals surface area contributed by atoms with Gasteiger partial charge in [0.1, 0.15) is 0 Å². The molecule has 0 aromatic carbocycles. The lowest BCUT2D eigenvalue weighted by Gasteiger charge is -2.29. The lowest BCUT2D eigenvalue weighted by Crippen LogP contribution is -2.63. The first-order valence-electron chi connectivity index (χ1n) is 6.21. The van der Waals surface area contributed by atoms with Crippen LogP contribution in [0, 0.1) is 0 Å². The lowest BCUT2D eigenvalue weighted by atomic mass is 10.0. The van der Waals surface area contributed by atoms with Gasteiger partial charge >= 0.3 is 12.1 Å². The van der Waals surface area contributed by atoms with Crippen LogP contribution in [-0.2, 0) is 9.59 Å². The molecule has 0 saturated carbocycles. The van der Waals surface area contributed by atoms with E-state index in [1.54, 1.807) is 10.2 Å². The molecule has 1 aliphatic rings. The molecule has 6 nitrogen and oxygen atoms in total. The number of rotatable bonds is 4. The Kier molecular flexibility index (Phi) is 5.35. The van der Waals surface area contributed by atoms with Crippen LogP contribution in [0.5, 0.6) is 0 Å². The summed E-state index contributed by atoms with van der Waals surface area (Å²) in [5, 5.41) is 13.4. The zero-order valence-corrected chi connectivity index (χ0v) is 11.1. The van der Waals surface area contributed by atoms with E-state index in [2.05, 4.69) is 5.32 Å². The Hall–Kier alpha value is -1.35. The number of carboxylic acids is 1. The molecule has 0 aromatic rings. The van der Waals surface area contributed by atoms with Crippen LogP contribution in [0.15, 0.2) is 0 Å². The summed E-state index contributed by atoms with van der Waals surface area (Å²) in [5.74, 6) is -3.08. The molecule has 1 amide bonds. The van der Waals surface area contributed by atoms with E-state index in [1.807, 2.05) is 0 Å². The molecule has 3 N–H and O–H groups in total. The molecule has 1 rings (SSSR count). The second-order valence-electron chi connectivity index (χ2n) is 4.86. The molecule has 0 bridgehead atoms. The molecule has 1 unspecified atom stereocenters. The Morgan fingerprint density at radius 2 is 1.95 bits per heavy atom. The van der Waals surface area contributed by atoms with Crippen LogP contribution >= 0.6 is 0 Å². The fourth-order valence-corrected chi connectivity index (χ4v) is 1.83. The number of hydrogen-bond donors (Lipinski definition) is 3. The second-order valence-corrected chi connectivity index (χ2v) is 4.86. The van der Waals surface area contributed by atoms with Crippen molar-refractivity contribution in [1.82, 2.24) is 15.5 Å². The summed E-state index contributed by atoms with van der Waals surface area (Å²) in [6, 6.07) is 0. The van der Waals surface area contributed by atoms with Gasteiger partial charge in [0.05, 0.1) is 6.54 Å². The number of carbonyl (C=O) groups excluding carboxylic acids is 1. The average molecular weight is 297 g/mol. The summed E-state index contributed by atoms with van der Waals surface area (Å²) in [5.41, 5.74) is -3.27. The smallest absolute Gasteiger partial charge is 0.422 e. The first kappa shape index (κ1) is 16.7. The van der Waals surface area contributed by atoms with Gasteiger partial charge in [-0.15, -0.1) is 0 Å². The van der Waals surface area contributed by atoms with Gasteiger partial charge in [0.15, 0.2) is 0 Å². The van der Waals surface area contributed by atoms with Crippen molar-refractivity contribution in [3.8, 4) is 0 Å². The number of nitrogens with zero attached hydrogens (tertiary/aromatic N) is 1. The van der Waals surface area contributed by atoms with Crippen molar-refractivity contribution in [3.63, 3.8) is 0 Å². The molecule has 0 radical (unpaired) electrons. The van der Waals surface area contributed by atoms with Gasteiger partial charge in [0, 0.05) is 13.1 Å². The zero-order chi connectivity index (χ0) is 15.4. The van der Waals surface area contributed by atoms with Crippen LogP contribution in [0.2, 0.25) is 0 Å². The van der Waals surface area contributed by atoms with Crippen LogP contribution in [-0.4, -0.2) is 66.3 Å². The van der Waals surface area contributed by atoms with Crippen molar-refractivity contribution in [2.24, 2.45) is 0 Å². The highest BCUT2D eigenvalue weighted by molar-refractivity contribution is 5.88. The van der Waals surface area contributed by atoms with Crippen molar-refractivity contribution in [2.75, 3.05) is 32.7 Å². The third-order valence-corrected chi connectivity index (χ3v) is 3.18. The Bertz CT molecular complexity index is 368. The maximum Gasteiger partial charge on any atom is 0.422 e. The molecule has 1 saturated heterocycles. The third-order valence-electron chi connectivity index (χ3n) is 3.18. The highest BCUT2D eigenvalue weighted by Gasteiger charge is 2.58. The number of alkyl halides is 3. The number of carboxylic acid groups (broad SMARTS) is 1. The van der Waals surface area contributed by atoms with Crippen LogP contribution in [0.1, 0.15) is 13.3 Å². The predicted molar refractivity (Wildman–Crippen MR) is 64.2 cm³/mol. The minimum absolute atomic E-state index is 0.249. The zero-order valence-electron chi connectivity index (χ0n) is 11.1. The summed E-state index contributed by atoms with van der Waals surface area (Å²) in [6.07, 6.45) is -4.28. The molecule has 0 aromatic heterocycles. The van der Waals surface area contributed by atoms with E-state index in [4.69, 9.17) is 5.11 Å². The lowest BCUT2D eigenvalue weighted by molar-refractivity contribution is -0.207. The molecule has 0 spiro atoms. The van der Waals surface area contributed by atoms with Crippen LogP contribution in [0.3, 0.4) is 0 Å². The quantitative estimate of drug-likeness (QED) is 0.670. The molecule has 116 valence electrons. The summed E-state index contributed by atoms with van der Waals surface area (Å²) in [7, 11) is 0. The molecule has 9 heteroatoms. The van der Waals surface area contributed by atoms with Crippen molar-refractivity contribution in [1.29, 1.82) is 0 Å². The van der Waals surface area contributed by atoms with Gasteiger partial charge in [-0.1, -0.05) is 0 Å². The highest BCUT2D eigenvalue weighted by Crippen LogP contribution is 2.30. The van der Waals surface area contributed by atoms with E-state index >= 15 is 0 Å². The van der Waals surface area contributed by atoms with E-state index < -0.39 is 23.6 Å². The molecule has 1 atom stereocenters. The van der Waals surface area contributed by atoms with E-state index in [1.165, 1.54) is 0 Å². The first-order chi connectivity index (χ1) is 9.17. The number of carbonyl (C=O) groups is 2. The molecular formula is C11H18F3N3O3. The monoisotopic (exact) mass is 297 g/mol. The topological polar surface area (TPSA) is 81.7 Å². The van der Waals surface area contributed by atoms with Crippen molar-refractivity contribution in [2.45, 2.75) is 25.1 Å². The van der Waals surface area contributed by atoms with E-state index in [9.17, 15) is 22.8 Å². The molecule has 0 aliphatic carbocycles. The van der Waals surface area contributed by atoms with E-state index in [0.29, 0.717) is 26.6 Å². The summed E-state index contributed by atoms with van der Waals surface area (Å²) < 4.78 is 38.2. The second kappa shape index (κ2) is 6.40. The van der Waals surface area contributed by atoms with Gasteiger partial charge in [-0.05, 0) is 26.4 Å². The molecule has 20 heavy (non-hydrogen) atoms. The minimum atomic E-state index is -5.06. The van der Waals surface area contributed by atoms with Crippen molar-refractivity contribution in [3.05, 3.63) is 0 Å².